The first kappa shape index (κ1) is 18.9. The van der Waals surface area contributed by atoms with Crippen LogP contribution in [0.3, 0.4) is 0 Å². The fraction of sp³-hybridized carbons (Fsp3) is 0.350. The maximum atomic E-state index is 13.9. The number of piperidine rings is 1. The van der Waals surface area contributed by atoms with Gasteiger partial charge in [-0.1, -0.05) is 25.1 Å². The molecule has 1 saturated heterocycles. The maximum absolute atomic E-state index is 13.9. The Morgan fingerprint density at radius 3 is 2.57 bits per heavy atom. The third-order valence-corrected chi connectivity index (χ3v) is 7.20. The van der Waals surface area contributed by atoms with E-state index in [4.69, 9.17) is 4.42 Å². The summed E-state index contributed by atoms with van der Waals surface area (Å²) in [5, 5.41) is 0. The fourth-order valence-corrected chi connectivity index (χ4v) is 5.01. The van der Waals surface area contributed by atoms with Gasteiger partial charge < -0.3 is 4.42 Å². The predicted octanol–water partition coefficient (Wildman–Crippen LogP) is 3.20. The summed E-state index contributed by atoms with van der Waals surface area (Å²) >= 11 is 0. The van der Waals surface area contributed by atoms with Crippen molar-refractivity contribution >= 4 is 21.1 Å². The van der Waals surface area contributed by atoms with Crippen LogP contribution in [-0.2, 0) is 16.6 Å². The number of aromatic nitrogens is 1. The quantitative estimate of drug-likeness (QED) is 0.669. The first-order chi connectivity index (χ1) is 13.4. The number of rotatable bonds is 4. The molecular formula is C20H21FN2O4S. The number of oxazole rings is 1. The summed E-state index contributed by atoms with van der Waals surface area (Å²) in [6.07, 6.45) is 1.66. The van der Waals surface area contributed by atoms with Crippen molar-refractivity contribution in [2.24, 2.45) is 5.92 Å². The summed E-state index contributed by atoms with van der Waals surface area (Å²) < 4.78 is 47.8. The van der Waals surface area contributed by atoms with Crippen LogP contribution in [0.1, 0.15) is 25.3 Å². The average molecular weight is 404 g/mol. The van der Waals surface area contributed by atoms with E-state index < -0.39 is 21.6 Å². The number of nitrogens with zero attached hydrogens (tertiary/aromatic N) is 2. The zero-order valence-corrected chi connectivity index (χ0v) is 16.3. The Morgan fingerprint density at radius 2 is 1.86 bits per heavy atom. The molecule has 1 aliphatic rings. The van der Waals surface area contributed by atoms with E-state index in [-0.39, 0.29) is 17.0 Å². The van der Waals surface area contributed by atoms with Gasteiger partial charge in [0.2, 0.25) is 10.0 Å². The highest BCUT2D eigenvalue weighted by atomic mass is 32.2. The molecule has 0 N–H and O–H groups in total. The Morgan fingerprint density at radius 1 is 1.14 bits per heavy atom. The molecule has 0 radical (unpaired) electrons. The second-order valence-electron chi connectivity index (χ2n) is 7.26. The van der Waals surface area contributed by atoms with Crippen molar-refractivity contribution in [2.45, 2.75) is 31.2 Å². The van der Waals surface area contributed by atoms with Crippen LogP contribution < -0.4 is 5.76 Å². The van der Waals surface area contributed by atoms with Gasteiger partial charge in [-0.05, 0) is 37.0 Å². The summed E-state index contributed by atoms with van der Waals surface area (Å²) in [6.45, 7) is 3.09. The lowest BCUT2D eigenvalue weighted by atomic mass is 10.0. The van der Waals surface area contributed by atoms with E-state index in [0.29, 0.717) is 30.1 Å². The zero-order chi connectivity index (χ0) is 19.9. The van der Waals surface area contributed by atoms with Gasteiger partial charge in [-0.3, -0.25) is 4.57 Å². The molecule has 0 saturated carbocycles. The van der Waals surface area contributed by atoms with E-state index in [1.165, 1.54) is 27.1 Å². The van der Waals surface area contributed by atoms with E-state index in [2.05, 4.69) is 6.92 Å². The molecule has 6 nitrogen and oxygen atoms in total. The monoisotopic (exact) mass is 404 g/mol. The van der Waals surface area contributed by atoms with Gasteiger partial charge in [0.1, 0.15) is 5.82 Å². The van der Waals surface area contributed by atoms with Crippen molar-refractivity contribution in [3.8, 4) is 0 Å². The van der Waals surface area contributed by atoms with Crippen LogP contribution >= 0.6 is 0 Å². The number of benzene rings is 2. The van der Waals surface area contributed by atoms with Crippen LogP contribution in [0.15, 0.2) is 56.6 Å². The van der Waals surface area contributed by atoms with Gasteiger partial charge in [-0.25, -0.2) is 17.6 Å². The number of fused-ring (bicyclic) bond motifs is 1. The first-order valence-electron chi connectivity index (χ1n) is 9.23. The fourth-order valence-electron chi connectivity index (χ4n) is 3.53. The van der Waals surface area contributed by atoms with Crippen LogP contribution in [0.2, 0.25) is 0 Å². The Labute approximate surface area is 162 Å². The third-order valence-electron chi connectivity index (χ3n) is 5.31. The zero-order valence-electron chi connectivity index (χ0n) is 15.5. The Balaban J connectivity index is 1.69. The van der Waals surface area contributed by atoms with Gasteiger partial charge in [0.05, 0.1) is 17.0 Å². The molecule has 1 aliphatic heterocycles. The van der Waals surface area contributed by atoms with Crippen LogP contribution in [0.5, 0.6) is 0 Å². The molecule has 148 valence electrons. The minimum absolute atomic E-state index is 0.00855. The number of sulfonamides is 1. The molecule has 3 aromatic rings. The lowest BCUT2D eigenvalue weighted by Gasteiger charge is -2.29. The molecule has 28 heavy (non-hydrogen) atoms. The molecule has 8 heteroatoms. The Hall–Kier alpha value is -2.45. The van der Waals surface area contributed by atoms with Gasteiger partial charge in [0.15, 0.2) is 5.58 Å². The van der Waals surface area contributed by atoms with Crippen molar-refractivity contribution in [2.75, 3.05) is 13.1 Å². The summed E-state index contributed by atoms with van der Waals surface area (Å²) in [4.78, 5) is 12.4. The second kappa shape index (κ2) is 7.18. The van der Waals surface area contributed by atoms with E-state index >= 15 is 0 Å². The highest BCUT2D eigenvalue weighted by molar-refractivity contribution is 7.89. The van der Waals surface area contributed by atoms with Crippen LogP contribution in [0.4, 0.5) is 4.39 Å². The number of halogens is 1. The number of hydrogen-bond acceptors (Lipinski definition) is 4. The molecular weight excluding hydrogens is 383 g/mol. The van der Waals surface area contributed by atoms with E-state index in [1.807, 2.05) is 0 Å². The largest absolute Gasteiger partial charge is 0.420 e. The standard InChI is InChI=1S/C20H21FN2O4S/c1-14-8-10-22(11-9-14)28(25,26)16-6-7-18-19(12-16)27-20(24)23(18)13-15-4-2-3-5-17(15)21/h2-7,12,14H,8-11,13H2,1H3. The molecule has 4 rings (SSSR count). The van der Waals surface area contributed by atoms with Crippen molar-refractivity contribution in [1.82, 2.24) is 8.87 Å². The SMILES string of the molecule is CC1CCN(S(=O)(=O)c2ccc3c(c2)oc(=O)n3Cc2ccccc2F)CC1. The van der Waals surface area contributed by atoms with Gasteiger partial charge in [-0.2, -0.15) is 4.31 Å². The average Bonchev–Trinajstić information content (AvgIpc) is 2.98. The van der Waals surface area contributed by atoms with Crippen LogP contribution in [0, 0.1) is 11.7 Å². The highest BCUT2D eigenvalue weighted by Crippen LogP contribution is 2.26. The maximum Gasteiger partial charge on any atom is 0.420 e. The van der Waals surface area contributed by atoms with E-state index in [0.717, 1.165) is 12.8 Å². The molecule has 1 fully saturated rings. The van der Waals surface area contributed by atoms with Gasteiger partial charge in [-0.15, -0.1) is 0 Å². The highest BCUT2D eigenvalue weighted by Gasteiger charge is 2.28. The Kier molecular flexibility index (Phi) is 4.84. The lowest BCUT2D eigenvalue weighted by Crippen LogP contribution is -2.37. The van der Waals surface area contributed by atoms with Crippen molar-refractivity contribution < 1.29 is 17.2 Å². The van der Waals surface area contributed by atoms with Crippen molar-refractivity contribution in [3.63, 3.8) is 0 Å². The minimum atomic E-state index is -3.64. The van der Waals surface area contributed by atoms with E-state index in [1.54, 1.807) is 24.3 Å². The summed E-state index contributed by atoms with van der Waals surface area (Å²) in [5.41, 5.74) is 0.957. The van der Waals surface area contributed by atoms with Crippen LogP contribution in [0.25, 0.3) is 11.1 Å². The predicted molar refractivity (Wildman–Crippen MR) is 103 cm³/mol. The van der Waals surface area contributed by atoms with Gasteiger partial charge >= 0.3 is 5.76 Å². The van der Waals surface area contributed by atoms with Crippen molar-refractivity contribution in [3.05, 3.63) is 64.4 Å². The van der Waals surface area contributed by atoms with Gasteiger partial charge in [0.25, 0.3) is 0 Å². The van der Waals surface area contributed by atoms with Crippen molar-refractivity contribution in [1.29, 1.82) is 0 Å². The normalized spacial score (nSPS) is 16.6. The minimum Gasteiger partial charge on any atom is -0.408 e. The summed E-state index contributed by atoms with van der Waals surface area (Å²) in [5.74, 6) is -0.554. The molecule has 1 aromatic heterocycles. The molecule has 2 heterocycles. The molecule has 0 unspecified atom stereocenters. The van der Waals surface area contributed by atoms with Gasteiger partial charge in [0, 0.05) is 24.7 Å². The number of hydrogen-bond donors (Lipinski definition) is 0. The molecule has 2 aromatic carbocycles. The first-order valence-corrected chi connectivity index (χ1v) is 10.7. The lowest BCUT2D eigenvalue weighted by molar-refractivity contribution is 0.288. The summed E-state index contributed by atoms with van der Waals surface area (Å²) in [6, 6.07) is 10.6. The van der Waals surface area contributed by atoms with Crippen LogP contribution in [-0.4, -0.2) is 30.4 Å². The topological polar surface area (TPSA) is 72.5 Å². The smallest absolute Gasteiger partial charge is 0.408 e. The molecule has 0 aliphatic carbocycles. The Bertz CT molecular complexity index is 1170. The third kappa shape index (κ3) is 3.38. The second-order valence-corrected chi connectivity index (χ2v) is 9.20. The molecule has 0 spiro atoms. The molecule has 0 atom stereocenters. The molecule has 0 bridgehead atoms. The van der Waals surface area contributed by atoms with E-state index in [9.17, 15) is 17.6 Å². The molecule has 0 amide bonds. The summed E-state index contributed by atoms with van der Waals surface area (Å²) in [7, 11) is -3.64.